The van der Waals surface area contributed by atoms with Gasteiger partial charge in [0.05, 0.1) is 0 Å². The number of nitrogens with one attached hydrogen (secondary N) is 1. The molecule has 1 N–H and O–H groups in total. The molecule has 1 aromatic rings. The van der Waals surface area contributed by atoms with Gasteiger partial charge >= 0.3 is 0 Å². The molecule has 0 aromatic heterocycles. The number of rotatable bonds is 5. The van der Waals surface area contributed by atoms with Gasteiger partial charge in [0.15, 0.2) is 0 Å². The lowest BCUT2D eigenvalue weighted by atomic mass is 9.74. The summed E-state index contributed by atoms with van der Waals surface area (Å²) in [5, 5.41) is 3.75. The quantitative estimate of drug-likeness (QED) is 0.838. The summed E-state index contributed by atoms with van der Waals surface area (Å²) in [7, 11) is 0. The van der Waals surface area contributed by atoms with E-state index < -0.39 is 0 Å². The van der Waals surface area contributed by atoms with E-state index >= 15 is 0 Å². The molecule has 116 valence electrons. The van der Waals surface area contributed by atoms with Crippen LogP contribution >= 0.6 is 0 Å². The Morgan fingerprint density at radius 1 is 1.10 bits per heavy atom. The van der Waals surface area contributed by atoms with Crippen LogP contribution in [0.4, 0.5) is 0 Å². The average molecular weight is 285 g/mol. The Bertz CT molecular complexity index is 465. The molecule has 0 spiro atoms. The van der Waals surface area contributed by atoms with E-state index in [1.165, 1.54) is 51.4 Å². The van der Waals surface area contributed by atoms with Crippen LogP contribution in [0.1, 0.15) is 62.6 Å². The molecule has 2 aliphatic rings. The maximum atomic E-state index is 3.75. The molecule has 0 heterocycles. The average Bonchev–Trinajstić information content (AvgIpc) is 2.97. The Morgan fingerprint density at radius 3 is 2.76 bits per heavy atom. The van der Waals surface area contributed by atoms with Gasteiger partial charge in [-0.3, -0.25) is 0 Å². The summed E-state index contributed by atoms with van der Waals surface area (Å²) in [5.41, 5.74) is 4.83. The normalized spacial score (nSPS) is 28.6. The second-order valence-corrected chi connectivity index (χ2v) is 7.17. The first-order valence-electron chi connectivity index (χ1n) is 9.14. The van der Waals surface area contributed by atoms with Crippen molar-refractivity contribution < 1.29 is 0 Å². The second-order valence-electron chi connectivity index (χ2n) is 7.17. The van der Waals surface area contributed by atoms with E-state index in [0.717, 1.165) is 24.4 Å². The van der Waals surface area contributed by atoms with Crippen LogP contribution in [-0.4, -0.2) is 12.6 Å². The third kappa shape index (κ3) is 3.51. The number of aryl methyl sites for hydroxylation is 2. The van der Waals surface area contributed by atoms with Crippen LogP contribution in [0.5, 0.6) is 0 Å². The van der Waals surface area contributed by atoms with Crippen LogP contribution in [0.15, 0.2) is 18.2 Å². The second kappa shape index (κ2) is 6.96. The van der Waals surface area contributed by atoms with Gasteiger partial charge in [-0.1, -0.05) is 38.5 Å². The summed E-state index contributed by atoms with van der Waals surface area (Å²) in [6, 6.07) is 8.06. The Hall–Kier alpha value is -0.820. The van der Waals surface area contributed by atoms with Crippen LogP contribution in [0.2, 0.25) is 0 Å². The molecule has 0 radical (unpaired) electrons. The van der Waals surface area contributed by atoms with E-state index in [2.05, 4.69) is 37.4 Å². The van der Waals surface area contributed by atoms with E-state index in [0.29, 0.717) is 0 Å². The van der Waals surface area contributed by atoms with E-state index in [1.54, 1.807) is 16.7 Å². The van der Waals surface area contributed by atoms with Crippen molar-refractivity contribution in [2.75, 3.05) is 6.54 Å². The first-order chi connectivity index (χ1) is 10.3. The van der Waals surface area contributed by atoms with Crippen LogP contribution in [0.3, 0.4) is 0 Å². The van der Waals surface area contributed by atoms with Crippen molar-refractivity contribution in [2.45, 2.75) is 71.3 Å². The third-order valence-corrected chi connectivity index (χ3v) is 5.80. The molecule has 3 rings (SSSR count). The molecule has 0 bridgehead atoms. The summed E-state index contributed by atoms with van der Waals surface area (Å²) in [6.45, 7) is 5.73. The molecule has 3 unspecified atom stereocenters. The Balaban J connectivity index is 1.70. The van der Waals surface area contributed by atoms with Crippen molar-refractivity contribution >= 4 is 0 Å². The molecule has 1 aromatic carbocycles. The van der Waals surface area contributed by atoms with E-state index in [4.69, 9.17) is 0 Å². The maximum Gasteiger partial charge on any atom is 0.00985 e. The fourth-order valence-electron chi connectivity index (χ4n) is 4.54. The summed E-state index contributed by atoms with van der Waals surface area (Å²) >= 11 is 0. The predicted octanol–water partition coefficient (Wildman–Crippen LogP) is 4.52. The lowest BCUT2D eigenvalue weighted by Crippen LogP contribution is -2.41. The summed E-state index contributed by atoms with van der Waals surface area (Å²) in [4.78, 5) is 0. The Labute approximate surface area is 130 Å². The highest BCUT2D eigenvalue weighted by atomic mass is 14.9. The molecule has 21 heavy (non-hydrogen) atoms. The number of hydrogen-bond acceptors (Lipinski definition) is 1. The minimum absolute atomic E-state index is 0.742. The van der Waals surface area contributed by atoms with Crippen molar-refractivity contribution in [3.05, 3.63) is 34.9 Å². The van der Waals surface area contributed by atoms with Gasteiger partial charge < -0.3 is 5.32 Å². The molecule has 0 saturated heterocycles. The van der Waals surface area contributed by atoms with Crippen molar-refractivity contribution in [1.82, 2.24) is 5.32 Å². The zero-order chi connectivity index (χ0) is 14.7. The maximum absolute atomic E-state index is 3.75. The van der Waals surface area contributed by atoms with E-state index in [9.17, 15) is 0 Å². The van der Waals surface area contributed by atoms with Crippen molar-refractivity contribution in [3.8, 4) is 0 Å². The number of benzene rings is 1. The van der Waals surface area contributed by atoms with Crippen molar-refractivity contribution in [1.29, 1.82) is 0 Å². The molecule has 3 atom stereocenters. The molecule has 1 fully saturated rings. The van der Waals surface area contributed by atoms with Crippen molar-refractivity contribution in [2.24, 2.45) is 11.8 Å². The van der Waals surface area contributed by atoms with Gasteiger partial charge in [-0.2, -0.15) is 0 Å². The Kier molecular flexibility index (Phi) is 5.00. The highest BCUT2D eigenvalue weighted by Crippen LogP contribution is 2.34. The predicted molar refractivity (Wildman–Crippen MR) is 90.8 cm³/mol. The van der Waals surface area contributed by atoms with Gasteiger partial charge in [0.2, 0.25) is 0 Å². The number of hydrogen-bond donors (Lipinski definition) is 1. The SMILES string of the molecule is CCNC1CCC(CC)CC1Cc1ccc2c(c1)CCC2. The summed E-state index contributed by atoms with van der Waals surface area (Å²) < 4.78 is 0. The molecule has 0 aliphatic heterocycles. The molecule has 1 heteroatoms. The molecule has 2 aliphatic carbocycles. The lowest BCUT2D eigenvalue weighted by molar-refractivity contribution is 0.200. The minimum Gasteiger partial charge on any atom is -0.314 e. The zero-order valence-electron chi connectivity index (χ0n) is 13.8. The van der Waals surface area contributed by atoms with Crippen LogP contribution in [0.25, 0.3) is 0 Å². The zero-order valence-corrected chi connectivity index (χ0v) is 13.8. The standard InChI is InChI=1S/C20H31N/c1-3-15-9-11-20(21-4-2)19(12-15)14-16-8-10-17-6-5-7-18(17)13-16/h8,10,13,15,19-21H,3-7,9,11-12,14H2,1-2H3. The molecule has 1 nitrogen and oxygen atoms in total. The summed E-state index contributed by atoms with van der Waals surface area (Å²) in [5.74, 6) is 1.79. The van der Waals surface area contributed by atoms with Crippen LogP contribution < -0.4 is 5.32 Å². The first kappa shape index (κ1) is 15.1. The van der Waals surface area contributed by atoms with Crippen LogP contribution in [0, 0.1) is 11.8 Å². The third-order valence-electron chi connectivity index (χ3n) is 5.80. The summed E-state index contributed by atoms with van der Waals surface area (Å²) in [6.07, 6.45) is 10.8. The fraction of sp³-hybridized carbons (Fsp3) is 0.700. The topological polar surface area (TPSA) is 12.0 Å². The molecule has 1 saturated carbocycles. The minimum atomic E-state index is 0.742. The van der Waals surface area contributed by atoms with Gasteiger partial charge in [-0.05, 0) is 80.0 Å². The highest BCUT2D eigenvalue weighted by Gasteiger charge is 2.29. The highest BCUT2D eigenvalue weighted by molar-refractivity contribution is 5.35. The van der Waals surface area contributed by atoms with Gasteiger partial charge in [0.25, 0.3) is 0 Å². The molecular weight excluding hydrogens is 254 g/mol. The fourth-order valence-corrected chi connectivity index (χ4v) is 4.54. The Morgan fingerprint density at radius 2 is 1.95 bits per heavy atom. The molecule has 0 amide bonds. The monoisotopic (exact) mass is 285 g/mol. The van der Waals surface area contributed by atoms with E-state index in [-0.39, 0.29) is 0 Å². The smallest absolute Gasteiger partial charge is 0.00985 e. The van der Waals surface area contributed by atoms with Crippen LogP contribution in [-0.2, 0) is 19.3 Å². The van der Waals surface area contributed by atoms with Gasteiger partial charge in [-0.25, -0.2) is 0 Å². The van der Waals surface area contributed by atoms with Crippen molar-refractivity contribution in [3.63, 3.8) is 0 Å². The van der Waals surface area contributed by atoms with Gasteiger partial charge in [0.1, 0.15) is 0 Å². The van der Waals surface area contributed by atoms with Gasteiger partial charge in [0, 0.05) is 6.04 Å². The largest absolute Gasteiger partial charge is 0.314 e. The molecular formula is C20H31N. The first-order valence-corrected chi connectivity index (χ1v) is 9.14. The number of fused-ring (bicyclic) bond motifs is 1. The van der Waals surface area contributed by atoms with Gasteiger partial charge in [-0.15, -0.1) is 0 Å². The van der Waals surface area contributed by atoms with E-state index in [1.807, 2.05) is 0 Å². The lowest BCUT2D eigenvalue weighted by Gasteiger charge is -2.36.